The maximum absolute atomic E-state index is 5.95. The zero-order valence-corrected chi connectivity index (χ0v) is 17.7. The normalized spacial score (nSPS) is 11.9. The van der Waals surface area contributed by atoms with Gasteiger partial charge in [0.1, 0.15) is 23.0 Å². The van der Waals surface area contributed by atoms with E-state index in [2.05, 4.69) is 65.8 Å². The number of hydrogen-bond donors (Lipinski definition) is 0. The molecule has 0 saturated carbocycles. The van der Waals surface area contributed by atoms with Gasteiger partial charge < -0.3 is 9.47 Å². The van der Waals surface area contributed by atoms with Crippen molar-refractivity contribution in [1.29, 1.82) is 0 Å². The van der Waals surface area contributed by atoms with Gasteiger partial charge >= 0.3 is 0 Å². The molecule has 146 valence electrons. The summed E-state index contributed by atoms with van der Waals surface area (Å²) in [6.07, 6.45) is 0. The van der Waals surface area contributed by atoms with Gasteiger partial charge in [0.2, 0.25) is 0 Å². The zero-order chi connectivity index (χ0) is 20.4. The lowest BCUT2D eigenvalue weighted by molar-refractivity contribution is 0.468. The Morgan fingerprint density at radius 2 is 0.607 bits per heavy atom. The summed E-state index contributed by atoms with van der Waals surface area (Å²) in [5, 5.41) is 0. The van der Waals surface area contributed by atoms with Crippen molar-refractivity contribution >= 4 is 0 Å². The molecule has 3 aromatic rings. The molecule has 0 bridgehead atoms. The third-order valence-electron chi connectivity index (χ3n) is 4.74. The van der Waals surface area contributed by atoms with Crippen LogP contribution >= 0.6 is 0 Å². The summed E-state index contributed by atoms with van der Waals surface area (Å²) in [5.74, 6) is 3.25. The van der Waals surface area contributed by atoms with E-state index < -0.39 is 0 Å². The SMILES string of the molecule is CC(C)(C)c1ccc(Oc2ccc(Oc3ccc(C(C)(C)C)cc3)cc2)cc1. The van der Waals surface area contributed by atoms with Gasteiger partial charge in [-0.2, -0.15) is 0 Å². The zero-order valence-electron chi connectivity index (χ0n) is 17.7. The Kier molecular flexibility index (Phi) is 5.51. The fourth-order valence-corrected chi connectivity index (χ4v) is 2.89. The Morgan fingerprint density at radius 1 is 0.393 bits per heavy atom. The predicted octanol–water partition coefficient (Wildman–Crippen LogP) is 7.87. The smallest absolute Gasteiger partial charge is 0.127 e. The Hall–Kier alpha value is -2.74. The van der Waals surface area contributed by atoms with Crippen LogP contribution in [0.1, 0.15) is 52.7 Å². The van der Waals surface area contributed by atoms with Gasteiger partial charge in [-0.1, -0.05) is 65.8 Å². The predicted molar refractivity (Wildman–Crippen MR) is 117 cm³/mol. The van der Waals surface area contributed by atoms with Crippen LogP contribution in [0.2, 0.25) is 0 Å². The fraction of sp³-hybridized carbons (Fsp3) is 0.308. The van der Waals surface area contributed by atoms with Gasteiger partial charge in [0, 0.05) is 0 Å². The maximum atomic E-state index is 5.95. The van der Waals surface area contributed by atoms with Crippen molar-refractivity contribution in [2.45, 2.75) is 52.4 Å². The minimum Gasteiger partial charge on any atom is -0.457 e. The Morgan fingerprint density at radius 3 is 0.821 bits per heavy atom. The topological polar surface area (TPSA) is 18.5 Å². The fourth-order valence-electron chi connectivity index (χ4n) is 2.89. The van der Waals surface area contributed by atoms with Gasteiger partial charge in [0.05, 0.1) is 0 Å². The lowest BCUT2D eigenvalue weighted by Crippen LogP contribution is -2.10. The molecule has 0 heterocycles. The van der Waals surface area contributed by atoms with Crippen LogP contribution in [-0.4, -0.2) is 0 Å². The molecule has 0 radical (unpaired) electrons. The van der Waals surface area contributed by atoms with E-state index in [4.69, 9.17) is 9.47 Å². The molecule has 0 saturated heterocycles. The molecule has 28 heavy (non-hydrogen) atoms. The molecule has 0 aromatic heterocycles. The summed E-state index contributed by atoms with van der Waals surface area (Å²) < 4.78 is 11.9. The molecular weight excluding hydrogens is 344 g/mol. The molecule has 0 atom stereocenters. The van der Waals surface area contributed by atoms with Crippen LogP contribution in [-0.2, 0) is 10.8 Å². The molecule has 0 fully saturated rings. The molecule has 3 aromatic carbocycles. The summed E-state index contributed by atoms with van der Waals surface area (Å²) in [5.41, 5.74) is 2.87. The third-order valence-corrected chi connectivity index (χ3v) is 4.74. The van der Waals surface area contributed by atoms with Crippen LogP contribution in [0.3, 0.4) is 0 Å². The summed E-state index contributed by atoms with van der Waals surface area (Å²) in [6.45, 7) is 13.2. The quantitative estimate of drug-likeness (QED) is 0.462. The second-order valence-corrected chi connectivity index (χ2v) is 9.22. The first-order chi connectivity index (χ1) is 13.1. The average Bonchev–Trinajstić information content (AvgIpc) is 2.63. The van der Waals surface area contributed by atoms with Crippen molar-refractivity contribution in [3.05, 3.63) is 83.9 Å². The van der Waals surface area contributed by atoms with Crippen LogP contribution in [0.4, 0.5) is 0 Å². The minimum absolute atomic E-state index is 0.141. The van der Waals surface area contributed by atoms with E-state index in [1.54, 1.807) is 0 Å². The second kappa shape index (κ2) is 7.71. The molecule has 0 N–H and O–H groups in total. The Labute approximate surface area is 169 Å². The van der Waals surface area contributed by atoms with Gasteiger partial charge in [-0.05, 0) is 70.5 Å². The lowest BCUT2D eigenvalue weighted by Gasteiger charge is -2.19. The summed E-state index contributed by atoms with van der Waals surface area (Å²) in [4.78, 5) is 0. The van der Waals surface area contributed by atoms with Crippen LogP contribution in [0.5, 0.6) is 23.0 Å². The molecule has 0 spiro atoms. The summed E-state index contributed by atoms with van der Waals surface area (Å²) in [7, 11) is 0. The molecular formula is C26H30O2. The van der Waals surface area contributed by atoms with Crippen molar-refractivity contribution in [2.24, 2.45) is 0 Å². The number of ether oxygens (including phenoxy) is 2. The van der Waals surface area contributed by atoms with Crippen LogP contribution in [0.15, 0.2) is 72.8 Å². The molecule has 0 unspecified atom stereocenters. The summed E-state index contributed by atoms with van der Waals surface area (Å²) in [6, 6.07) is 24.2. The van der Waals surface area contributed by atoms with Gasteiger partial charge in [-0.3, -0.25) is 0 Å². The van der Waals surface area contributed by atoms with E-state index in [9.17, 15) is 0 Å². The highest BCUT2D eigenvalue weighted by Crippen LogP contribution is 2.30. The van der Waals surface area contributed by atoms with Crippen LogP contribution in [0.25, 0.3) is 0 Å². The van der Waals surface area contributed by atoms with E-state index in [1.165, 1.54) is 11.1 Å². The van der Waals surface area contributed by atoms with Gasteiger partial charge in [0.25, 0.3) is 0 Å². The number of hydrogen-bond acceptors (Lipinski definition) is 2. The van der Waals surface area contributed by atoms with E-state index in [-0.39, 0.29) is 10.8 Å². The molecule has 3 rings (SSSR count). The third kappa shape index (κ3) is 5.16. The van der Waals surface area contributed by atoms with Crippen molar-refractivity contribution < 1.29 is 9.47 Å². The van der Waals surface area contributed by atoms with Crippen LogP contribution < -0.4 is 9.47 Å². The van der Waals surface area contributed by atoms with Gasteiger partial charge in [-0.15, -0.1) is 0 Å². The van der Waals surface area contributed by atoms with Crippen molar-refractivity contribution in [2.75, 3.05) is 0 Å². The van der Waals surface area contributed by atoms with E-state index in [0.29, 0.717) is 0 Å². The van der Waals surface area contributed by atoms with Gasteiger partial charge in [-0.25, -0.2) is 0 Å². The first kappa shape index (κ1) is 20.0. The maximum Gasteiger partial charge on any atom is 0.127 e. The highest BCUT2D eigenvalue weighted by atomic mass is 16.5. The van der Waals surface area contributed by atoms with Crippen molar-refractivity contribution in [3.63, 3.8) is 0 Å². The second-order valence-electron chi connectivity index (χ2n) is 9.22. The van der Waals surface area contributed by atoms with E-state index in [1.807, 2.05) is 48.5 Å². The first-order valence-corrected chi connectivity index (χ1v) is 9.78. The van der Waals surface area contributed by atoms with Crippen molar-refractivity contribution in [3.8, 4) is 23.0 Å². The largest absolute Gasteiger partial charge is 0.457 e. The molecule has 2 nitrogen and oxygen atoms in total. The molecule has 0 aliphatic rings. The number of benzene rings is 3. The van der Waals surface area contributed by atoms with Crippen molar-refractivity contribution in [1.82, 2.24) is 0 Å². The lowest BCUT2D eigenvalue weighted by atomic mass is 9.87. The first-order valence-electron chi connectivity index (χ1n) is 9.78. The number of rotatable bonds is 4. The average molecular weight is 375 g/mol. The Bertz CT molecular complexity index is 813. The highest BCUT2D eigenvalue weighted by molar-refractivity contribution is 5.40. The monoisotopic (exact) mass is 374 g/mol. The van der Waals surface area contributed by atoms with Gasteiger partial charge in [0.15, 0.2) is 0 Å². The van der Waals surface area contributed by atoms with E-state index >= 15 is 0 Å². The van der Waals surface area contributed by atoms with E-state index in [0.717, 1.165) is 23.0 Å². The van der Waals surface area contributed by atoms with Crippen LogP contribution in [0, 0.1) is 0 Å². The Balaban J connectivity index is 1.63. The standard InChI is InChI=1S/C26H30O2/c1-25(2,3)19-7-11-21(12-8-19)27-23-15-17-24(18-16-23)28-22-13-9-20(10-14-22)26(4,5)6/h7-18H,1-6H3. The molecule has 0 aliphatic heterocycles. The molecule has 0 amide bonds. The minimum atomic E-state index is 0.141. The highest BCUT2D eigenvalue weighted by Gasteiger charge is 2.14. The molecule has 0 aliphatic carbocycles. The molecule has 2 heteroatoms. The summed E-state index contributed by atoms with van der Waals surface area (Å²) >= 11 is 0.